The Hall–Kier alpha value is -5.11. The lowest BCUT2D eigenvalue weighted by atomic mass is 10.1. The number of carbonyl (C=O) groups excluding carboxylic acids is 3. The van der Waals surface area contributed by atoms with Crippen LogP contribution in [0.15, 0.2) is 85.1 Å². The molecule has 0 amide bonds. The molecule has 0 spiro atoms. The van der Waals surface area contributed by atoms with Crippen molar-refractivity contribution in [1.29, 1.82) is 0 Å². The average Bonchev–Trinajstić information content (AvgIpc) is 3.32. The number of ketones is 1. The van der Waals surface area contributed by atoms with E-state index in [1.54, 1.807) is 23.5 Å². The third kappa shape index (κ3) is 8.01. The number of hydrogen-bond donors (Lipinski definition) is 0. The van der Waals surface area contributed by atoms with E-state index in [2.05, 4.69) is 0 Å². The number of imidazole rings is 1. The summed E-state index contributed by atoms with van der Waals surface area (Å²) in [7, 11) is 0. The summed E-state index contributed by atoms with van der Waals surface area (Å²) in [5.41, 5.74) is 6.33. The molecule has 2 aromatic heterocycles. The maximum absolute atomic E-state index is 12.2. The zero-order valence-electron chi connectivity index (χ0n) is 25.1. The molecule has 8 nitrogen and oxygen atoms in total. The first-order valence-electron chi connectivity index (χ1n) is 14.2. The van der Waals surface area contributed by atoms with Crippen LogP contribution >= 0.6 is 0 Å². The van der Waals surface area contributed by atoms with E-state index in [1.165, 1.54) is 13.8 Å². The predicted molar refractivity (Wildman–Crippen MR) is 165 cm³/mol. The van der Waals surface area contributed by atoms with Crippen molar-refractivity contribution in [3.05, 3.63) is 113 Å². The molecule has 5 rings (SSSR count). The molecule has 0 aliphatic carbocycles. The van der Waals surface area contributed by atoms with Crippen molar-refractivity contribution in [1.82, 2.24) is 14.4 Å². The van der Waals surface area contributed by atoms with Crippen LogP contribution in [0.5, 0.6) is 11.6 Å². The van der Waals surface area contributed by atoms with E-state index in [-0.39, 0.29) is 5.78 Å². The van der Waals surface area contributed by atoms with Gasteiger partial charge < -0.3 is 9.47 Å². The van der Waals surface area contributed by atoms with Crippen LogP contribution in [0.1, 0.15) is 62.7 Å². The number of hydrogen-bond acceptors (Lipinski definition) is 7. The van der Waals surface area contributed by atoms with Gasteiger partial charge >= 0.3 is 11.9 Å². The molecule has 0 fully saturated rings. The molecule has 0 N–H and O–H groups in total. The molecule has 0 bridgehead atoms. The van der Waals surface area contributed by atoms with E-state index >= 15 is 0 Å². The molecule has 220 valence electrons. The van der Waals surface area contributed by atoms with Gasteiger partial charge in [0.25, 0.3) is 0 Å². The summed E-state index contributed by atoms with van der Waals surface area (Å²) in [4.78, 5) is 45.0. The summed E-state index contributed by atoms with van der Waals surface area (Å²) in [6, 6.07) is 24.8. The molecule has 0 saturated heterocycles. The molecule has 3 aromatic carbocycles. The van der Waals surface area contributed by atoms with E-state index < -0.39 is 11.9 Å². The van der Waals surface area contributed by atoms with Crippen molar-refractivity contribution in [2.24, 2.45) is 0 Å². The molecular weight excluding hydrogens is 542 g/mol. The van der Waals surface area contributed by atoms with Gasteiger partial charge in [0.05, 0.1) is 11.4 Å². The third-order valence-corrected chi connectivity index (χ3v) is 6.41. The fraction of sp³-hybridized carbons (Fsp3) is 0.229. The second-order valence-electron chi connectivity index (χ2n) is 9.88. The first kappa shape index (κ1) is 30.8. The predicted octanol–water partition coefficient (Wildman–Crippen LogP) is 6.59. The van der Waals surface area contributed by atoms with Gasteiger partial charge in [-0.1, -0.05) is 80.6 Å². The van der Waals surface area contributed by atoms with Crippen molar-refractivity contribution in [3.63, 3.8) is 0 Å². The van der Waals surface area contributed by atoms with Crippen LogP contribution in [-0.2, 0) is 33.6 Å². The van der Waals surface area contributed by atoms with Gasteiger partial charge in [-0.05, 0) is 35.7 Å². The Morgan fingerprint density at radius 2 is 1.26 bits per heavy atom. The van der Waals surface area contributed by atoms with Crippen LogP contribution in [0.3, 0.4) is 0 Å². The summed E-state index contributed by atoms with van der Waals surface area (Å²) in [6.07, 6.45) is 3.09. The van der Waals surface area contributed by atoms with Crippen molar-refractivity contribution in [2.75, 3.05) is 0 Å². The standard InChI is InChI=1S/C33H29N3O5.C2H6/c1-21(37)17-25-9-13-27(14-10-25)31-20-36-32(29(34-31)18-24-7-5-4-6-8-24)35-30(33(36)41-23(3)39)19-26-11-15-28(16-12-26)40-22(2)38;1-2/h4-16,20H,17-19H2,1-3H3;1-2H3. The monoisotopic (exact) mass is 577 g/mol. The lowest BCUT2D eigenvalue weighted by Gasteiger charge is -2.10. The van der Waals surface area contributed by atoms with Crippen molar-refractivity contribution in [3.8, 4) is 22.9 Å². The summed E-state index contributed by atoms with van der Waals surface area (Å²) in [5, 5.41) is 0. The molecule has 0 atom stereocenters. The Kier molecular flexibility index (Phi) is 10.2. The lowest BCUT2D eigenvalue weighted by molar-refractivity contribution is -0.133. The minimum absolute atomic E-state index is 0.0976. The molecule has 0 aliphatic heterocycles. The van der Waals surface area contributed by atoms with Crippen LogP contribution < -0.4 is 9.47 Å². The van der Waals surface area contributed by atoms with Crippen molar-refractivity contribution >= 4 is 23.4 Å². The molecule has 43 heavy (non-hydrogen) atoms. The highest BCUT2D eigenvalue weighted by atomic mass is 16.5. The molecule has 8 heteroatoms. The molecule has 0 radical (unpaired) electrons. The van der Waals surface area contributed by atoms with Crippen molar-refractivity contribution in [2.45, 2.75) is 53.9 Å². The smallest absolute Gasteiger partial charge is 0.309 e. The van der Waals surface area contributed by atoms with E-state index in [0.717, 1.165) is 27.9 Å². The lowest BCUT2D eigenvalue weighted by Crippen LogP contribution is -2.07. The fourth-order valence-electron chi connectivity index (χ4n) is 4.66. The Labute approximate surface area is 251 Å². The molecule has 0 aliphatic rings. The maximum atomic E-state index is 12.2. The number of esters is 2. The van der Waals surface area contributed by atoms with Gasteiger partial charge in [0.2, 0.25) is 5.88 Å². The number of aromatic nitrogens is 3. The van der Waals surface area contributed by atoms with Crippen LogP contribution in [0.25, 0.3) is 16.9 Å². The summed E-state index contributed by atoms with van der Waals surface area (Å²) in [6.45, 7) is 8.28. The number of nitrogens with zero attached hydrogens (tertiary/aromatic N) is 3. The van der Waals surface area contributed by atoms with Gasteiger partial charge in [0.15, 0.2) is 5.65 Å². The Morgan fingerprint density at radius 1 is 0.674 bits per heavy atom. The normalized spacial score (nSPS) is 10.5. The zero-order valence-corrected chi connectivity index (χ0v) is 25.1. The van der Waals surface area contributed by atoms with Crippen LogP contribution in [0, 0.1) is 0 Å². The average molecular weight is 578 g/mol. The van der Waals surface area contributed by atoms with Gasteiger partial charge in [0, 0.05) is 44.9 Å². The molecule has 5 aromatic rings. The molecular formula is C35H35N3O5. The van der Waals surface area contributed by atoms with Crippen LogP contribution in [0.2, 0.25) is 0 Å². The second kappa shape index (κ2) is 14.2. The highest BCUT2D eigenvalue weighted by Crippen LogP contribution is 2.30. The minimum Gasteiger partial charge on any atom is -0.427 e. The number of carbonyl (C=O) groups is 3. The SMILES string of the molecule is CC.CC(=O)Cc1ccc(-c2cn3c(OC(C)=O)c(Cc4ccc(OC(C)=O)cc4)nc3c(Cc3ccccc3)n2)cc1. The number of benzene rings is 3. The van der Waals surface area contributed by atoms with Gasteiger partial charge in [-0.15, -0.1) is 0 Å². The Morgan fingerprint density at radius 3 is 1.86 bits per heavy atom. The quantitative estimate of drug-likeness (QED) is 0.144. The Bertz CT molecular complexity index is 1720. The van der Waals surface area contributed by atoms with E-state index in [9.17, 15) is 14.4 Å². The number of rotatable bonds is 9. The number of ether oxygens (including phenoxy) is 2. The summed E-state index contributed by atoms with van der Waals surface area (Å²) in [5.74, 6) is 0.0146. The number of fused-ring (bicyclic) bond motifs is 1. The minimum atomic E-state index is -0.463. The first-order chi connectivity index (χ1) is 20.7. The summed E-state index contributed by atoms with van der Waals surface area (Å²) < 4.78 is 12.7. The van der Waals surface area contributed by atoms with E-state index in [4.69, 9.17) is 19.4 Å². The maximum Gasteiger partial charge on any atom is 0.309 e. The zero-order chi connectivity index (χ0) is 30.9. The van der Waals surface area contributed by atoms with Gasteiger partial charge in [-0.25, -0.2) is 9.97 Å². The van der Waals surface area contributed by atoms with Gasteiger partial charge in [-0.2, -0.15) is 0 Å². The molecule has 0 saturated carbocycles. The van der Waals surface area contributed by atoms with Crippen molar-refractivity contribution < 1.29 is 23.9 Å². The topological polar surface area (TPSA) is 99.9 Å². The first-order valence-corrected chi connectivity index (χ1v) is 14.2. The van der Waals surface area contributed by atoms with Crippen LogP contribution in [-0.4, -0.2) is 32.1 Å². The molecule has 2 heterocycles. The van der Waals surface area contributed by atoms with E-state index in [0.29, 0.717) is 47.9 Å². The van der Waals surface area contributed by atoms with Gasteiger partial charge in [0.1, 0.15) is 17.2 Å². The van der Waals surface area contributed by atoms with Crippen LogP contribution in [0.4, 0.5) is 0 Å². The van der Waals surface area contributed by atoms with Gasteiger partial charge in [-0.3, -0.25) is 18.8 Å². The fourth-order valence-corrected chi connectivity index (χ4v) is 4.66. The van der Waals surface area contributed by atoms with E-state index in [1.807, 2.05) is 86.8 Å². The summed E-state index contributed by atoms with van der Waals surface area (Å²) >= 11 is 0. The Balaban J connectivity index is 0.00000207. The highest BCUT2D eigenvalue weighted by molar-refractivity contribution is 5.78. The second-order valence-corrected chi connectivity index (χ2v) is 9.88. The third-order valence-electron chi connectivity index (χ3n) is 6.41. The molecule has 0 unspecified atom stereocenters. The highest BCUT2D eigenvalue weighted by Gasteiger charge is 2.21. The largest absolute Gasteiger partial charge is 0.427 e. The number of Topliss-reactive ketones (excluding diaryl/α,β-unsaturated/α-hetero) is 1.